The summed E-state index contributed by atoms with van der Waals surface area (Å²) in [6.07, 6.45) is 1.61. The Morgan fingerprint density at radius 3 is 2.70 bits per heavy atom. The van der Waals surface area contributed by atoms with Crippen LogP contribution in [0.25, 0.3) is 0 Å². The Kier molecular flexibility index (Phi) is 5.19. The van der Waals surface area contributed by atoms with Crippen molar-refractivity contribution in [2.75, 3.05) is 19.0 Å². The second kappa shape index (κ2) is 6.36. The normalized spacial score (nSPS) is 21.1. The fourth-order valence-electron chi connectivity index (χ4n) is 2.22. The fourth-order valence-corrected chi connectivity index (χ4v) is 4.74. The molecule has 0 amide bonds. The monoisotopic (exact) mass is 359 g/mol. The van der Waals surface area contributed by atoms with Crippen molar-refractivity contribution in [2.24, 2.45) is 5.92 Å². The van der Waals surface area contributed by atoms with Crippen LogP contribution in [0.4, 0.5) is 4.39 Å². The van der Waals surface area contributed by atoms with Gasteiger partial charge in [0.05, 0.1) is 10.0 Å². The van der Waals surface area contributed by atoms with Crippen LogP contribution in [0, 0.1) is 11.7 Å². The van der Waals surface area contributed by atoms with Crippen LogP contribution in [0.2, 0.25) is 10.0 Å². The van der Waals surface area contributed by atoms with E-state index in [2.05, 4.69) is 0 Å². The summed E-state index contributed by atoms with van der Waals surface area (Å²) in [7, 11) is -3.83. The molecule has 1 aliphatic rings. The van der Waals surface area contributed by atoms with Crippen LogP contribution in [0.5, 0.6) is 0 Å². The molecule has 112 valence electrons. The van der Waals surface area contributed by atoms with Crippen molar-refractivity contribution in [1.82, 2.24) is 4.31 Å². The average molecular weight is 361 g/mol. The number of alkyl halides is 1. The molecule has 0 spiro atoms. The van der Waals surface area contributed by atoms with Gasteiger partial charge in [-0.3, -0.25) is 0 Å². The summed E-state index contributed by atoms with van der Waals surface area (Å²) in [6.45, 7) is 0.711. The van der Waals surface area contributed by atoms with Gasteiger partial charge in [-0.2, -0.15) is 4.31 Å². The van der Waals surface area contributed by atoms with Crippen molar-refractivity contribution in [2.45, 2.75) is 17.7 Å². The van der Waals surface area contributed by atoms with E-state index in [4.69, 9.17) is 34.8 Å². The van der Waals surface area contributed by atoms with E-state index in [1.165, 1.54) is 16.4 Å². The predicted molar refractivity (Wildman–Crippen MR) is 78.6 cm³/mol. The minimum atomic E-state index is -3.83. The maximum Gasteiger partial charge on any atom is 0.244 e. The Balaban J connectivity index is 2.38. The molecule has 2 rings (SSSR count). The minimum absolute atomic E-state index is 0.108. The van der Waals surface area contributed by atoms with Crippen molar-refractivity contribution in [3.63, 3.8) is 0 Å². The van der Waals surface area contributed by atoms with E-state index in [1.807, 2.05) is 0 Å². The van der Waals surface area contributed by atoms with Gasteiger partial charge in [0.15, 0.2) is 5.82 Å². The number of hydrogen-bond donors (Lipinski definition) is 0. The third-order valence-corrected chi connectivity index (χ3v) is 6.43. The first kappa shape index (κ1) is 16.3. The lowest BCUT2D eigenvalue weighted by atomic mass is 10.0. The Morgan fingerprint density at radius 1 is 1.35 bits per heavy atom. The number of benzene rings is 1. The number of nitrogens with zero attached hydrogens (tertiary/aromatic N) is 1. The molecule has 0 N–H and O–H groups in total. The molecular weight excluding hydrogens is 348 g/mol. The van der Waals surface area contributed by atoms with Crippen LogP contribution in [0.1, 0.15) is 12.8 Å². The Labute approximate surface area is 132 Å². The second-order valence-electron chi connectivity index (χ2n) is 4.70. The van der Waals surface area contributed by atoms with Gasteiger partial charge in [0.2, 0.25) is 10.0 Å². The highest BCUT2D eigenvalue weighted by molar-refractivity contribution is 7.89. The predicted octanol–water partition coefficient (Wildman–Crippen LogP) is 3.77. The Morgan fingerprint density at radius 2 is 2.05 bits per heavy atom. The Hall–Kier alpha value is -0.0700. The number of rotatable bonds is 3. The molecule has 1 fully saturated rings. The molecule has 3 nitrogen and oxygen atoms in total. The first-order valence-electron chi connectivity index (χ1n) is 6.07. The molecule has 0 aromatic heterocycles. The smallest absolute Gasteiger partial charge is 0.207 e. The quantitative estimate of drug-likeness (QED) is 0.608. The number of piperidine rings is 1. The first-order chi connectivity index (χ1) is 9.37. The zero-order valence-electron chi connectivity index (χ0n) is 10.5. The van der Waals surface area contributed by atoms with E-state index < -0.39 is 20.9 Å². The lowest BCUT2D eigenvalue weighted by Crippen LogP contribution is -2.40. The largest absolute Gasteiger partial charge is 0.244 e. The molecule has 0 radical (unpaired) electrons. The molecule has 1 unspecified atom stereocenters. The Bertz CT molecular complexity index is 609. The van der Waals surface area contributed by atoms with E-state index in [-0.39, 0.29) is 15.8 Å². The molecule has 1 aliphatic heterocycles. The van der Waals surface area contributed by atoms with Crippen molar-refractivity contribution < 1.29 is 12.8 Å². The average Bonchev–Trinajstić information content (AvgIpc) is 2.44. The van der Waals surface area contributed by atoms with Gasteiger partial charge in [-0.1, -0.05) is 23.2 Å². The highest BCUT2D eigenvalue weighted by atomic mass is 35.5. The summed E-state index contributed by atoms with van der Waals surface area (Å²) in [5, 5.41) is -0.670. The molecule has 0 saturated carbocycles. The number of halogens is 4. The molecule has 1 heterocycles. The van der Waals surface area contributed by atoms with Crippen molar-refractivity contribution in [1.29, 1.82) is 0 Å². The van der Waals surface area contributed by atoms with Crippen molar-refractivity contribution >= 4 is 44.8 Å². The van der Waals surface area contributed by atoms with Gasteiger partial charge in [-0.15, -0.1) is 11.6 Å². The summed E-state index contributed by atoms with van der Waals surface area (Å²) < 4.78 is 40.0. The van der Waals surface area contributed by atoms with Gasteiger partial charge in [0.1, 0.15) is 4.90 Å². The van der Waals surface area contributed by atoms with Gasteiger partial charge in [0, 0.05) is 19.0 Å². The zero-order chi connectivity index (χ0) is 14.9. The summed E-state index contributed by atoms with van der Waals surface area (Å²) >= 11 is 17.2. The standard InChI is InChI=1S/C12H13Cl3FNO2S/c13-6-8-2-1-5-17(7-8)20(18,19)10-4-3-9(14)12(16)11(10)15/h3-4,8H,1-2,5-7H2. The van der Waals surface area contributed by atoms with E-state index in [0.29, 0.717) is 19.0 Å². The number of hydrogen-bond acceptors (Lipinski definition) is 2. The van der Waals surface area contributed by atoms with Gasteiger partial charge >= 0.3 is 0 Å². The molecule has 1 atom stereocenters. The third kappa shape index (κ3) is 3.07. The molecule has 20 heavy (non-hydrogen) atoms. The first-order valence-corrected chi connectivity index (χ1v) is 8.80. The van der Waals surface area contributed by atoms with Crippen molar-refractivity contribution in [3.8, 4) is 0 Å². The highest BCUT2D eigenvalue weighted by Crippen LogP contribution is 2.33. The van der Waals surface area contributed by atoms with Gasteiger partial charge in [0.25, 0.3) is 0 Å². The van der Waals surface area contributed by atoms with E-state index in [0.717, 1.165) is 12.8 Å². The SMILES string of the molecule is O=S(=O)(c1ccc(Cl)c(F)c1Cl)N1CCCC(CCl)C1. The van der Waals surface area contributed by atoms with Crippen LogP contribution in [0.15, 0.2) is 17.0 Å². The summed E-state index contributed by atoms with van der Waals surface area (Å²) in [4.78, 5) is -0.253. The third-order valence-electron chi connectivity index (χ3n) is 3.32. The van der Waals surface area contributed by atoms with Gasteiger partial charge in [-0.05, 0) is 30.9 Å². The van der Waals surface area contributed by atoms with Gasteiger partial charge in [-0.25, -0.2) is 12.8 Å². The molecule has 1 aromatic rings. The fraction of sp³-hybridized carbons (Fsp3) is 0.500. The van der Waals surface area contributed by atoms with Crippen molar-refractivity contribution in [3.05, 3.63) is 28.0 Å². The van der Waals surface area contributed by atoms with Crippen LogP contribution in [-0.4, -0.2) is 31.7 Å². The molecule has 1 saturated heterocycles. The summed E-state index contributed by atoms with van der Waals surface area (Å²) in [6, 6.07) is 2.42. The van der Waals surface area contributed by atoms with Gasteiger partial charge < -0.3 is 0 Å². The lowest BCUT2D eigenvalue weighted by molar-refractivity contribution is 0.283. The molecule has 1 aromatic carbocycles. The molecule has 8 heteroatoms. The van der Waals surface area contributed by atoms with E-state index in [9.17, 15) is 12.8 Å². The maximum atomic E-state index is 13.7. The topological polar surface area (TPSA) is 37.4 Å². The molecular formula is C12H13Cl3FNO2S. The maximum absolute atomic E-state index is 13.7. The van der Waals surface area contributed by atoms with Crippen LogP contribution < -0.4 is 0 Å². The number of sulfonamides is 1. The minimum Gasteiger partial charge on any atom is -0.207 e. The molecule has 0 bridgehead atoms. The van der Waals surface area contributed by atoms with E-state index >= 15 is 0 Å². The zero-order valence-corrected chi connectivity index (χ0v) is 13.5. The van der Waals surface area contributed by atoms with Crippen LogP contribution in [-0.2, 0) is 10.0 Å². The summed E-state index contributed by atoms with van der Waals surface area (Å²) in [5.41, 5.74) is 0. The summed E-state index contributed by atoms with van der Waals surface area (Å²) in [5.74, 6) is -0.411. The van der Waals surface area contributed by atoms with Crippen LogP contribution in [0.3, 0.4) is 0 Å². The second-order valence-corrected chi connectivity index (χ2v) is 7.70. The lowest BCUT2D eigenvalue weighted by Gasteiger charge is -2.31. The van der Waals surface area contributed by atoms with E-state index in [1.54, 1.807) is 0 Å². The molecule has 0 aliphatic carbocycles. The van der Waals surface area contributed by atoms with Crippen LogP contribution >= 0.6 is 34.8 Å². The highest BCUT2D eigenvalue weighted by Gasteiger charge is 2.32.